The minimum atomic E-state index is 0.662. The average molecular weight is 269 g/mol. The summed E-state index contributed by atoms with van der Waals surface area (Å²) in [5, 5.41) is 15.0. The fourth-order valence-electron chi connectivity index (χ4n) is 1.29. The van der Waals surface area contributed by atoms with E-state index in [1.54, 1.807) is 11.3 Å². The van der Waals surface area contributed by atoms with Gasteiger partial charge in [0, 0.05) is 17.8 Å². The van der Waals surface area contributed by atoms with Crippen molar-refractivity contribution in [3.05, 3.63) is 27.4 Å². The van der Waals surface area contributed by atoms with Crippen LogP contribution in [0, 0.1) is 0 Å². The second-order valence-electron chi connectivity index (χ2n) is 3.42. The highest BCUT2D eigenvalue weighted by Gasteiger charge is 2.04. The molecule has 2 aromatic rings. The molecule has 0 saturated carbocycles. The molecule has 0 aliphatic carbocycles. The molecule has 0 bridgehead atoms. The van der Waals surface area contributed by atoms with Gasteiger partial charge in [-0.2, -0.15) is 0 Å². The summed E-state index contributed by atoms with van der Waals surface area (Å²) in [5.41, 5.74) is 0. The molecule has 2 heterocycles. The maximum absolute atomic E-state index is 5.56. The molecule has 0 atom stereocenters. The highest BCUT2D eigenvalue weighted by molar-refractivity contribution is 7.13. The summed E-state index contributed by atoms with van der Waals surface area (Å²) in [6.07, 6.45) is 0.930. The van der Waals surface area contributed by atoms with Gasteiger partial charge in [0.1, 0.15) is 5.01 Å². The van der Waals surface area contributed by atoms with Crippen LogP contribution in [-0.2, 0) is 13.0 Å². The smallest absolute Gasteiger partial charge is 0.294 e. The van der Waals surface area contributed by atoms with Crippen molar-refractivity contribution >= 4 is 22.7 Å². The number of rotatable bonds is 7. The van der Waals surface area contributed by atoms with E-state index in [-0.39, 0.29) is 0 Å². The Bertz CT molecular complexity index is 428. The molecule has 0 saturated heterocycles. The maximum atomic E-state index is 5.56. The standard InChI is InChI=1S/C11H15N3OS2/c1-2-12-8-10-13-14-11(17-10)15-6-5-9-4-3-7-16-9/h3-4,7,12H,2,5-6,8H2,1H3. The third-order valence-electron chi connectivity index (χ3n) is 2.13. The summed E-state index contributed by atoms with van der Waals surface area (Å²) in [6, 6.07) is 4.17. The van der Waals surface area contributed by atoms with Crippen LogP contribution >= 0.6 is 22.7 Å². The first-order valence-electron chi connectivity index (χ1n) is 5.56. The van der Waals surface area contributed by atoms with Gasteiger partial charge in [0.25, 0.3) is 5.19 Å². The molecule has 0 aromatic carbocycles. The molecule has 0 fully saturated rings. The normalized spacial score (nSPS) is 10.6. The van der Waals surface area contributed by atoms with Crippen LogP contribution in [0.2, 0.25) is 0 Å². The van der Waals surface area contributed by atoms with Crippen molar-refractivity contribution < 1.29 is 4.74 Å². The summed E-state index contributed by atoms with van der Waals surface area (Å²) in [5.74, 6) is 0. The van der Waals surface area contributed by atoms with Crippen LogP contribution in [0.25, 0.3) is 0 Å². The van der Waals surface area contributed by atoms with E-state index in [2.05, 4.69) is 40.0 Å². The molecule has 2 rings (SSSR count). The lowest BCUT2D eigenvalue weighted by atomic mass is 10.4. The largest absolute Gasteiger partial charge is 0.469 e. The van der Waals surface area contributed by atoms with E-state index < -0.39 is 0 Å². The van der Waals surface area contributed by atoms with E-state index in [9.17, 15) is 0 Å². The van der Waals surface area contributed by atoms with Crippen molar-refractivity contribution in [3.8, 4) is 5.19 Å². The van der Waals surface area contributed by atoms with Gasteiger partial charge in [-0.05, 0) is 18.0 Å². The number of nitrogens with one attached hydrogen (secondary N) is 1. The van der Waals surface area contributed by atoms with Crippen molar-refractivity contribution in [2.24, 2.45) is 0 Å². The number of nitrogens with zero attached hydrogens (tertiary/aromatic N) is 2. The van der Waals surface area contributed by atoms with Crippen molar-refractivity contribution in [1.82, 2.24) is 15.5 Å². The van der Waals surface area contributed by atoms with Crippen LogP contribution in [0.1, 0.15) is 16.8 Å². The van der Waals surface area contributed by atoms with E-state index in [0.29, 0.717) is 11.8 Å². The van der Waals surface area contributed by atoms with Crippen LogP contribution in [-0.4, -0.2) is 23.3 Å². The van der Waals surface area contributed by atoms with Crippen molar-refractivity contribution in [1.29, 1.82) is 0 Å². The lowest BCUT2D eigenvalue weighted by Crippen LogP contribution is -2.11. The zero-order valence-electron chi connectivity index (χ0n) is 9.68. The molecule has 4 nitrogen and oxygen atoms in total. The molecule has 0 unspecified atom stereocenters. The Labute approximate surface area is 109 Å². The second kappa shape index (κ2) is 6.68. The lowest BCUT2D eigenvalue weighted by molar-refractivity contribution is 0.318. The molecule has 0 aliphatic heterocycles. The monoisotopic (exact) mass is 269 g/mol. The Morgan fingerprint density at radius 2 is 2.35 bits per heavy atom. The van der Waals surface area contributed by atoms with E-state index in [4.69, 9.17) is 4.74 Å². The van der Waals surface area contributed by atoms with E-state index in [1.165, 1.54) is 16.2 Å². The Kier molecular flexibility index (Phi) is 4.90. The van der Waals surface area contributed by atoms with E-state index in [1.807, 2.05) is 0 Å². The first-order valence-corrected chi connectivity index (χ1v) is 7.26. The van der Waals surface area contributed by atoms with Gasteiger partial charge >= 0.3 is 0 Å². The molecule has 0 radical (unpaired) electrons. The van der Waals surface area contributed by atoms with Crippen LogP contribution in [0.3, 0.4) is 0 Å². The minimum absolute atomic E-state index is 0.662. The van der Waals surface area contributed by atoms with Gasteiger partial charge in [-0.3, -0.25) is 0 Å². The highest BCUT2D eigenvalue weighted by atomic mass is 32.1. The molecule has 2 aromatic heterocycles. The molecule has 0 aliphatic rings. The zero-order valence-corrected chi connectivity index (χ0v) is 11.3. The van der Waals surface area contributed by atoms with Gasteiger partial charge in [0.2, 0.25) is 0 Å². The predicted octanol–water partition coefficient (Wildman–Crippen LogP) is 2.33. The number of thiophene rings is 1. The summed E-state index contributed by atoms with van der Waals surface area (Å²) in [6.45, 7) is 4.44. The Hall–Kier alpha value is -0.980. The van der Waals surface area contributed by atoms with Crippen molar-refractivity contribution in [3.63, 3.8) is 0 Å². The number of hydrogen-bond donors (Lipinski definition) is 1. The number of hydrogen-bond acceptors (Lipinski definition) is 6. The summed E-state index contributed by atoms with van der Waals surface area (Å²) in [4.78, 5) is 1.34. The average Bonchev–Trinajstić information content (AvgIpc) is 2.98. The van der Waals surface area contributed by atoms with Gasteiger partial charge in [0.05, 0.1) is 6.61 Å². The summed E-state index contributed by atoms with van der Waals surface area (Å²) in [7, 11) is 0. The molecule has 0 amide bonds. The predicted molar refractivity (Wildman–Crippen MR) is 70.8 cm³/mol. The molecular weight excluding hydrogens is 254 g/mol. The quantitative estimate of drug-likeness (QED) is 0.838. The topological polar surface area (TPSA) is 47.0 Å². The fraction of sp³-hybridized carbons (Fsp3) is 0.455. The van der Waals surface area contributed by atoms with Crippen molar-refractivity contribution in [2.75, 3.05) is 13.2 Å². The number of aromatic nitrogens is 2. The van der Waals surface area contributed by atoms with E-state index in [0.717, 1.165) is 24.5 Å². The zero-order chi connectivity index (χ0) is 11.9. The molecular formula is C11H15N3OS2. The minimum Gasteiger partial charge on any atom is -0.469 e. The Morgan fingerprint density at radius 3 is 3.12 bits per heavy atom. The molecule has 0 spiro atoms. The Morgan fingerprint density at radius 1 is 1.41 bits per heavy atom. The van der Waals surface area contributed by atoms with Crippen LogP contribution < -0.4 is 10.1 Å². The van der Waals surface area contributed by atoms with E-state index >= 15 is 0 Å². The maximum Gasteiger partial charge on any atom is 0.294 e. The first kappa shape index (κ1) is 12.5. The first-order chi connectivity index (χ1) is 8.38. The summed E-state index contributed by atoms with van der Waals surface area (Å²) >= 11 is 3.26. The summed E-state index contributed by atoms with van der Waals surface area (Å²) < 4.78 is 5.56. The number of ether oxygens (including phenoxy) is 1. The third-order valence-corrected chi connectivity index (χ3v) is 3.90. The molecule has 17 heavy (non-hydrogen) atoms. The Balaban J connectivity index is 1.73. The van der Waals surface area contributed by atoms with Crippen molar-refractivity contribution in [2.45, 2.75) is 19.9 Å². The lowest BCUT2D eigenvalue weighted by Gasteiger charge is -1.99. The van der Waals surface area contributed by atoms with Crippen LogP contribution in [0.15, 0.2) is 17.5 Å². The highest BCUT2D eigenvalue weighted by Crippen LogP contribution is 2.18. The van der Waals surface area contributed by atoms with Crippen LogP contribution in [0.4, 0.5) is 0 Å². The molecule has 1 N–H and O–H groups in total. The van der Waals surface area contributed by atoms with Gasteiger partial charge < -0.3 is 10.1 Å². The second-order valence-corrected chi connectivity index (χ2v) is 5.48. The fourth-order valence-corrected chi connectivity index (χ4v) is 2.67. The third kappa shape index (κ3) is 4.07. The van der Waals surface area contributed by atoms with Gasteiger partial charge in [-0.15, -0.1) is 21.5 Å². The molecule has 92 valence electrons. The SMILES string of the molecule is CCNCc1nnc(OCCc2cccs2)s1. The van der Waals surface area contributed by atoms with Gasteiger partial charge in [-0.25, -0.2) is 0 Å². The van der Waals surface area contributed by atoms with Gasteiger partial charge in [-0.1, -0.05) is 24.3 Å². The van der Waals surface area contributed by atoms with Gasteiger partial charge in [0.15, 0.2) is 0 Å². The van der Waals surface area contributed by atoms with Crippen LogP contribution in [0.5, 0.6) is 5.19 Å². The molecule has 6 heteroatoms.